The van der Waals surface area contributed by atoms with E-state index in [1.807, 2.05) is 0 Å². The summed E-state index contributed by atoms with van der Waals surface area (Å²) in [5.74, 6) is 0.986. The van der Waals surface area contributed by atoms with Crippen LogP contribution < -0.4 is 5.32 Å². The summed E-state index contributed by atoms with van der Waals surface area (Å²) in [6, 6.07) is 5.04. The number of nitrogens with one attached hydrogen (secondary N) is 1. The minimum Gasteiger partial charge on any atom is -0.383 e. The van der Waals surface area contributed by atoms with E-state index < -0.39 is 0 Å². The molecule has 1 atom stereocenters. The topological polar surface area (TPSA) is 12.0 Å². The lowest BCUT2D eigenvalue weighted by atomic mass is 10.1. The molecule has 0 amide bonds. The summed E-state index contributed by atoms with van der Waals surface area (Å²) in [5.41, 5.74) is 3.87. The standard InChI is InChI=1S/C14H20BrN/c1-9-6-13(7-10(2)14(9)15)16-11(3)8-12-4-5-12/h6-7,11-12,16H,4-5,8H2,1-3H3. The van der Waals surface area contributed by atoms with Crippen LogP contribution >= 0.6 is 15.9 Å². The van der Waals surface area contributed by atoms with E-state index in [2.05, 4.69) is 54.2 Å². The molecule has 0 saturated heterocycles. The molecule has 1 saturated carbocycles. The zero-order valence-electron chi connectivity index (χ0n) is 10.3. The van der Waals surface area contributed by atoms with Gasteiger partial charge in [0.25, 0.3) is 0 Å². The molecule has 0 aromatic heterocycles. The fourth-order valence-electron chi connectivity index (χ4n) is 2.23. The molecule has 1 aromatic carbocycles. The Morgan fingerprint density at radius 2 is 1.88 bits per heavy atom. The molecular weight excluding hydrogens is 262 g/mol. The first kappa shape index (κ1) is 12.0. The van der Waals surface area contributed by atoms with E-state index in [1.165, 1.54) is 40.5 Å². The maximum atomic E-state index is 3.60. The molecule has 1 unspecified atom stereocenters. The second-order valence-corrected chi connectivity index (χ2v) is 5.94. The molecule has 1 N–H and O–H groups in total. The van der Waals surface area contributed by atoms with Gasteiger partial charge in [-0.05, 0) is 56.4 Å². The van der Waals surface area contributed by atoms with Gasteiger partial charge < -0.3 is 5.32 Å². The van der Waals surface area contributed by atoms with E-state index in [4.69, 9.17) is 0 Å². The van der Waals surface area contributed by atoms with E-state index in [9.17, 15) is 0 Å². The molecule has 1 aromatic rings. The van der Waals surface area contributed by atoms with Crippen molar-refractivity contribution in [1.29, 1.82) is 0 Å². The largest absolute Gasteiger partial charge is 0.383 e. The van der Waals surface area contributed by atoms with Crippen molar-refractivity contribution in [3.63, 3.8) is 0 Å². The van der Waals surface area contributed by atoms with Crippen LogP contribution in [0, 0.1) is 19.8 Å². The van der Waals surface area contributed by atoms with Gasteiger partial charge >= 0.3 is 0 Å². The quantitative estimate of drug-likeness (QED) is 0.846. The second kappa shape index (κ2) is 4.79. The summed E-state index contributed by atoms with van der Waals surface area (Å²) >= 11 is 3.60. The minimum absolute atomic E-state index is 0.590. The Morgan fingerprint density at radius 3 is 2.38 bits per heavy atom. The maximum absolute atomic E-state index is 3.60. The van der Waals surface area contributed by atoms with Crippen LogP contribution in [0.25, 0.3) is 0 Å². The number of rotatable bonds is 4. The highest BCUT2D eigenvalue weighted by Gasteiger charge is 2.23. The molecular formula is C14H20BrN. The molecule has 16 heavy (non-hydrogen) atoms. The van der Waals surface area contributed by atoms with Crippen molar-refractivity contribution in [2.45, 2.75) is 46.1 Å². The SMILES string of the molecule is Cc1cc(NC(C)CC2CC2)cc(C)c1Br. The van der Waals surface area contributed by atoms with Crippen LogP contribution in [0.4, 0.5) is 5.69 Å². The molecule has 1 aliphatic rings. The van der Waals surface area contributed by atoms with Gasteiger partial charge in [0.1, 0.15) is 0 Å². The summed E-state index contributed by atoms with van der Waals surface area (Å²) in [5, 5.41) is 3.60. The smallest absolute Gasteiger partial charge is 0.0348 e. The van der Waals surface area contributed by atoms with E-state index in [-0.39, 0.29) is 0 Å². The Labute approximate surface area is 107 Å². The Bertz CT molecular complexity index is 359. The highest BCUT2D eigenvalue weighted by Crippen LogP contribution is 2.34. The van der Waals surface area contributed by atoms with Crippen LogP contribution in [0.1, 0.15) is 37.3 Å². The van der Waals surface area contributed by atoms with Crippen LogP contribution in [0.15, 0.2) is 16.6 Å². The molecule has 88 valence electrons. The van der Waals surface area contributed by atoms with Crippen molar-refractivity contribution >= 4 is 21.6 Å². The third-order valence-corrected chi connectivity index (χ3v) is 4.48. The molecule has 2 heteroatoms. The van der Waals surface area contributed by atoms with Crippen LogP contribution in [-0.4, -0.2) is 6.04 Å². The fourth-order valence-corrected chi connectivity index (χ4v) is 2.46. The molecule has 1 nitrogen and oxygen atoms in total. The Kier molecular flexibility index (Phi) is 3.58. The molecule has 2 rings (SSSR count). The zero-order chi connectivity index (χ0) is 11.7. The van der Waals surface area contributed by atoms with Crippen molar-refractivity contribution in [2.24, 2.45) is 5.92 Å². The van der Waals surface area contributed by atoms with E-state index >= 15 is 0 Å². The lowest BCUT2D eigenvalue weighted by Gasteiger charge is -2.16. The van der Waals surface area contributed by atoms with Gasteiger partial charge in [-0.1, -0.05) is 28.8 Å². The van der Waals surface area contributed by atoms with Crippen molar-refractivity contribution in [3.8, 4) is 0 Å². The number of anilines is 1. The summed E-state index contributed by atoms with van der Waals surface area (Å²) < 4.78 is 1.23. The van der Waals surface area contributed by atoms with Crippen LogP contribution in [-0.2, 0) is 0 Å². The fraction of sp³-hybridized carbons (Fsp3) is 0.571. The first-order valence-electron chi connectivity index (χ1n) is 6.09. The monoisotopic (exact) mass is 281 g/mol. The number of benzene rings is 1. The van der Waals surface area contributed by atoms with Gasteiger partial charge in [0, 0.05) is 16.2 Å². The first-order chi connectivity index (χ1) is 7.56. The summed E-state index contributed by atoms with van der Waals surface area (Å²) in [6.07, 6.45) is 4.18. The van der Waals surface area contributed by atoms with E-state index in [1.54, 1.807) is 0 Å². The van der Waals surface area contributed by atoms with Crippen molar-refractivity contribution < 1.29 is 0 Å². The molecule has 0 bridgehead atoms. The summed E-state index contributed by atoms with van der Waals surface area (Å²) in [7, 11) is 0. The van der Waals surface area contributed by atoms with Gasteiger partial charge in [-0.15, -0.1) is 0 Å². The average molecular weight is 282 g/mol. The summed E-state index contributed by atoms with van der Waals surface area (Å²) in [4.78, 5) is 0. The number of halogens is 1. The van der Waals surface area contributed by atoms with Gasteiger partial charge in [0.05, 0.1) is 0 Å². The Hall–Kier alpha value is -0.500. The lowest BCUT2D eigenvalue weighted by Crippen LogP contribution is -2.15. The third kappa shape index (κ3) is 3.00. The van der Waals surface area contributed by atoms with Gasteiger partial charge in [0.15, 0.2) is 0 Å². The lowest BCUT2D eigenvalue weighted by molar-refractivity contribution is 0.642. The van der Waals surface area contributed by atoms with Crippen molar-refractivity contribution in [2.75, 3.05) is 5.32 Å². The van der Waals surface area contributed by atoms with Crippen molar-refractivity contribution in [1.82, 2.24) is 0 Å². The normalized spacial score (nSPS) is 17.2. The summed E-state index contributed by atoms with van der Waals surface area (Å²) in [6.45, 7) is 6.58. The minimum atomic E-state index is 0.590. The molecule has 1 aliphatic carbocycles. The van der Waals surface area contributed by atoms with Crippen LogP contribution in [0.3, 0.4) is 0 Å². The second-order valence-electron chi connectivity index (χ2n) is 5.15. The zero-order valence-corrected chi connectivity index (χ0v) is 11.9. The number of hydrogen-bond donors (Lipinski definition) is 1. The highest BCUT2D eigenvalue weighted by atomic mass is 79.9. The van der Waals surface area contributed by atoms with Gasteiger partial charge in [-0.2, -0.15) is 0 Å². The average Bonchev–Trinajstić information content (AvgIpc) is 2.97. The van der Waals surface area contributed by atoms with Gasteiger partial charge in [-0.3, -0.25) is 0 Å². The van der Waals surface area contributed by atoms with E-state index in [0.29, 0.717) is 6.04 Å². The molecule has 0 radical (unpaired) electrons. The molecule has 1 fully saturated rings. The molecule has 0 heterocycles. The third-order valence-electron chi connectivity index (χ3n) is 3.23. The Balaban J connectivity index is 2.02. The van der Waals surface area contributed by atoms with Gasteiger partial charge in [0.2, 0.25) is 0 Å². The highest BCUT2D eigenvalue weighted by molar-refractivity contribution is 9.10. The Morgan fingerprint density at radius 1 is 1.31 bits per heavy atom. The number of aryl methyl sites for hydroxylation is 2. The van der Waals surface area contributed by atoms with Crippen LogP contribution in [0.5, 0.6) is 0 Å². The molecule has 0 aliphatic heterocycles. The molecule has 0 spiro atoms. The predicted octanol–water partition coefficient (Wildman–Crippen LogP) is 4.67. The van der Waals surface area contributed by atoms with Crippen molar-refractivity contribution in [3.05, 3.63) is 27.7 Å². The predicted molar refractivity (Wildman–Crippen MR) is 74.0 cm³/mol. The first-order valence-corrected chi connectivity index (χ1v) is 6.89. The maximum Gasteiger partial charge on any atom is 0.0348 e. The van der Waals surface area contributed by atoms with Crippen LogP contribution in [0.2, 0.25) is 0 Å². The number of hydrogen-bond acceptors (Lipinski definition) is 1. The van der Waals surface area contributed by atoms with Gasteiger partial charge in [-0.25, -0.2) is 0 Å². The van der Waals surface area contributed by atoms with E-state index in [0.717, 1.165) is 5.92 Å².